The van der Waals surface area contributed by atoms with Crippen LogP contribution in [-0.2, 0) is 9.36 Å². The fourth-order valence-corrected chi connectivity index (χ4v) is 4.46. The summed E-state index contributed by atoms with van der Waals surface area (Å²) in [5.74, 6) is 0.729. The highest BCUT2D eigenvalue weighted by Gasteiger charge is 2.25. The van der Waals surface area contributed by atoms with Gasteiger partial charge >= 0.3 is 7.82 Å². The van der Waals surface area contributed by atoms with Crippen molar-refractivity contribution in [3.8, 4) is 5.75 Å². The Morgan fingerprint density at radius 3 is 2.86 bits per heavy atom. The minimum Gasteiger partial charge on any atom is -0.404 e. The highest BCUT2D eigenvalue weighted by Crippen LogP contribution is 2.39. The van der Waals surface area contributed by atoms with E-state index in [1.54, 1.807) is 6.07 Å². The molecule has 0 saturated carbocycles. The minimum atomic E-state index is -4.58. The van der Waals surface area contributed by atoms with E-state index in [-0.39, 0.29) is 17.6 Å². The SMILES string of the molecule is CC(=O)C1CSC(c2nc3ccc(OP(=O)(O)O)cc3s2)=N1. The minimum absolute atomic E-state index is 0.0286. The lowest BCUT2D eigenvalue weighted by Gasteiger charge is -2.05. The first-order valence-corrected chi connectivity index (χ1v) is 9.52. The zero-order valence-corrected chi connectivity index (χ0v) is 13.8. The zero-order chi connectivity index (χ0) is 15.9. The molecule has 2 heterocycles. The van der Waals surface area contributed by atoms with Gasteiger partial charge in [-0.1, -0.05) is 0 Å². The van der Waals surface area contributed by atoms with E-state index in [9.17, 15) is 9.36 Å². The summed E-state index contributed by atoms with van der Waals surface area (Å²) in [5, 5.41) is 1.41. The molecule has 1 aliphatic rings. The van der Waals surface area contributed by atoms with Gasteiger partial charge in [0.05, 0.1) is 10.2 Å². The predicted octanol–water partition coefficient (Wildman–Crippen LogP) is 2.22. The van der Waals surface area contributed by atoms with Crippen molar-refractivity contribution in [1.29, 1.82) is 0 Å². The third-order valence-corrected chi connectivity index (χ3v) is 5.54. The molecule has 1 aromatic carbocycles. The van der Waals surface area contributed by atoms with Crippen LogP contribution in [0.15, 0.2) is 23.2 Å². The summed E-state index contributed by atoms with van der Waals surface area (Å²) in [5.41, 5.74) is 0.688. The second-order valence-corrected chi connectivity index (χ2v) is 7.81. The van der Waals surface area contributed by atoms with Crippen molar-refractivity contribution in [2.75, 3.05) is 5.75 Å². The molecule has 7 nitrogen and oxygen atoms in total. The van der Waals surface area contributed by atoms with Gasteiger partial charge in [-0.25, -0.2) is 9.55 Å². The van der Waals surface area contributed by atoms with Crippen LogP contribution in [0.1, 0.15) is 11.9 Å². The number of rotatable bonds is 4. The molecule has 0 fully saturated rings. The lowest BCUT2D eigenvalue weighted by Crippen LogP contribution is -2.14. The van der Waals surface area contributed by atoms with Crippen molar-refractivity contribution in [3.05, 3.63) is 23.2 Å². The molecule has 2 N–H and O–H groups in total. The number of aromatic nitrogens is 1. The Bertz CT molecular complexity index is 828. The molecule has 0 spiro atoms. The van der Waals surface area contributed by atoms with Gasteiger partial charge in [0.15, 0.2) is 5.78 Å². The second-order valence-electron chi connectivity index (χ2n) is 4.60. The predicted molar refractivity (Wildman–Crippen MR) is 85.8 cm³/mol. The molecule has 1 atom stereocenters. The van der Waals surface area contributed by atoms with E-state index < -0.39 is 7.82 Å². The molecule has 0 radical (unpaired) electrons. The second kappa shape index (κ2) is 5.75. The van der Waals surface area contributed by atoms with Crippen molar-refractivity contribution in [3.63, 3.8) is 0 Å². The van der Waals surface area contributed by atoms with Crippen LogP contribution >= 0.6 is 30.9 Å². The van der Waals surface area contributed by atoms with Crippen molar-refractivity contribution in [2.45, 2.75) is 13.0 Å². The van der Waals surface area contributed by atoms with E-state index >= 15 is 0 Å². The van der Waals surface area contributed by atoms with E-state index in [2.05, 4.69) is 14.5 Å². The van der Waals surface area contributed by atoms with Gasteiger partial charge < -0.3 is 4.52 Å². The standard InChI is InChI=1S/C12H11N2O5PS2/c1-6(15)9-5-21-11(14-9)12-13-8-3-2-7(4-10(8)22-12)19-20(16,17)18/h2-4,9H,5H2,1H3,(H2,16,17,18). The number of benzene rings is 1. The number of Topliss-reactive ketones (excluding diaryl/α,β-unsaturated/α-hetero) is 1. The Morgan fingerprint density at radius 1 is 1.45 bits per heavy atom. The van der Waals surface area contributed by atoms with Crippen LogP contribution in [0.25, 0.3) is 10.2 Å². The third-order valence-electron chi connectivity index (χ3n) is 2.89. The van der Waals surface area contributed by atoms with Gasteiger partial charge in [0.2, 0.25) is 0 Å². The average molecular weight is 358 g/mol. The van der Waals surface area contributed by atoms with Crippen LogP contribution in [0.5, 0.6) is 5.75 Å². The van der Waals surface area contributed by atoms with Crippen LogP contribution in [0.3, 0.4) is 0 Å². The maximum atomic E-state index is 11.3. The summed E-state index contributed by atoms with van der Waals surface area (Å²) in [7, 11) is -4.58. The number of phosphoric ester groups is 1. The largest absolute Gasteiger partial charge is 0.524 e. The molecular formula is C12H11N2O5PS2. The molecular weight excluding hydrogens is 347 g/mol. The van der Waals surface area contributed by atoms with Crippen molar-refractivity contribution in [2.24, 2.45) is 4.99 Å². The maximum absolute atomic E-state index is 11.3. The summed E-state index contributed by atoms with van der Waals surface area (Å²) in [6.45, 7) is 1.52. The topological polar surface area (TPSA) is 109 Å². The molecule has 116 valence electrons. The Morgan fingerprint density at radius 2 is 2.23 bits per heavy atom. The molecule has 0 amide bonds. The number of carbonyl (C=O) groups is 1. The fourth-order valence-electron chi connectivity index (χ4n) is 1.89. The van der Waals surface area contributed by atoms with E-state index in [1.165, 1.54) is 42.2 Å². The number of hydrogen-bond donors (Lipinski definition) is 2. The normalized spacial score (nSPS) is 18.5. The van der Waals surface area contributed by atoms with Crippen LogP contribution in [0.4, 0.5) is 0 Å². The van der Waals surface area contributed by atoms with Gasteiger partial charge in [0.1, 0.15) is 21.8 Å². The van der Waals surface area contributed by atoms with E-state index in [0.29, 0.717) is 16.3 Å². The molecule has 0 saturated heterocycles. The average Bonchev–Trinajstić information content (AvgIpc) is 3.02. The number of carbonyl (C=O) groups excluding carboxylic acids is 1. The first kappa shape index (κ1) is 15.6. The number of aliphatic imine (C=N–C) groups is 1. The van der Waals surface area contributed by atoms with Gasteiger partial charge in [-0.2, -0.15) is 0 Å². The molecule has 10 heteroatoms. The van der Waals surface area contributed by atoms with E-state index in [4.69, 9.17) is 9.79 Å². The molecule has 0 bridgehead atoms. The summed E-state index contributed by atoms with van der Waals surface area (Å²) < 4.78 is 16.1. The van der Waals surface area contributed by atoms with Gasteiger partial charge in [-0.15, -0.1) is 23.1 Å². The number of fused-ring (bicyclic) bond motifs is 1. The van der Waals surface area contributed by atoms with Gasteiger partial charge in [-0.05, 0) is 19.1 Å². The summed E-state index contributed by atoms with van der Waals surface area (Å²) in [6, 6.07) is 4.29. The molecule has 1 aromatic heterocycles. The quantitative estimate of drug-likeness (QED) is 0.807. The first-order valence-electron chi connectivity index (χ1n) is 6.19. The Balaban J connectivity index is 1.92. The third kappa shape index (κ3) is 3.39. The van der Waals surface area contributed by atoms with E-state index in [1.807, 2.05) is 0 Å². The van der Waals surface area contributed by atoms with Crippen LogP contribution in [0.2, 0.25) is 0 Å². The number of thioether (sulfide) groups is 1. The molecule has 1 aliphatic heterocycles. The van der Waals surface area contributed by atoms with Crippen LogP contribution in [0, 0.1) is 0 Å². The summed E-state index contributed by atoms with van der Waals surface area (Å²) in [6.07, 6.45) is 0. The van der Waals surface area contributed by atoms with Crippen molar-refractivity contribution < 1.29 is 23.7 Å². The van der Waals surface area contributed by atoms with Crippen molar-refractivity contribution in [1.82, 2.24) is 4.98 Å². The molecule has 3 rings (SSSR count). The monoisotopic (exact) mass is 358 g/mol. The van der Waals surface area contributed by atoms with Crippen LogP contribution < -0.4 is 4.52 Å². The number of nitrogens with zero attached hydrogens (tertiary/aromatic N) is 2. The summed E-state index contributed by atoms with van der Waals surface area (Å²) in [4.78, 5) is 37.8. The van der Waals surface area contributed by atoms with E-state index in [0.717, 1.165) is 9.74 Å². The smallest absolute Gasteiger partial charge is 0.404 e. The number of ketones is 1. The Hall–Kier alpha value is -1.25. The highest BCUT2D eigenvalue weighted by atomic mass is 32.2. The van der Waals surface area contributed by atoms with Gasteiger partial charge in [0, 0.05) is 11.8 Å². The number of hydrogen-bond acceptors (Lipinski definition) is 7. The molecule has 1 unspecified atom stereocenters. The number of thiazole rings is 1. The molecule has 2 aromatic rings. The zero-order valence-electron chi connectivity index (χ0n) is 11.3. The van der Waals surface area contributed by atoms with Gasteiger partial charge in [-0.3, -0.25) is 19.6 Å². The van der Waals surface area contributed by atoms with Gasteiger partial charge in [0.25, 0.3) is 0 Å². The fraction of sp³-hybridized carbons (Fsp3) is 0.250. The van der Waals surface area contributed by atoms with Crippen molar-refractivity contribution >= 4 is 52.0 Å². The number of phosphoric acid groups is 1. The Labute approximate surface area is 133 Å². The molecule has 22 heavy (non-hydrogen) atoms. The highest BCUT2D eigenvalue weighted by molar-refractivity contribution is 8.15. The summed E-state index contributed by atoms with van der Waals surface area (Å²) >= 11 is 2.82. The lowest BCUT2D eigenvalue weighted by atomic mass is 10.2. The molecule has 0 aliphatic carbocycles. The Kier molecular flexibility index (Phi) is 4.09. The lowest BCUT2D eigenvalue weighted by molar-refractivity contribution is -0.117. The first-order chi connectivity index (χ1) is 10.3. The maximum Gasteiger partial charge on any atom is 0.524 e. The van der Waals surface area contributed by atoms with Crippen LogP contribution in [-0.4, -0.2) is 37.4 Å².